The number of ether oxygens (including phenoxy) is 6. The summed E-state index contributed by atoms with van der Waals surface area (Å²) in [6.45, 7) is 9.46. The van der Waals surface area contributed by atoms with Crippen LogP contribution in [0.3, 0.4) is 0 Å². The van der Waals surface area contributed by atoms with Crippen molar-refractivity contribution in [2.24, 2.45) is 29.6 Å². The summed E-state index contributed by atoms with van der Waals surface area (Å²) in [7, 11) is 4.55. The number of Topliss-reactive ketones (excluding diaryl/α,β-unsaturated/α-hetero) is 2. The molecule has 2 bridgehead atoms. The van der Waals surface area contributed by atoms with Gasteiger partial charge in [0.25, 0.3) is 11.7 Å². The lowest BCUT2D eigenvalue weighted by Crippen LogP contribution is -2.64. The van der Waals surface area contributed by atoms with E-state index in [2.05, 4.69) is 0 Å². The molecule has 70 heavy (non-hydrogen) atoms. The quantitative estimate of drug-likeness (QED) is 0.0671. The molecule has 0 radical (unpaired) electrons. The fraction of sp³-hybridized carbons (Fsp3) is 0.745. The van der Waals surface area contributed by atoms with E-state index in [-0.39, 0.29) is 68.8 Å². The summed E-state index contributed by atoms with van der Waals surface area (Å²) in [6, 6.07) is -1.21. The molecule has 5 N–H and O–H groups in total. The average Bonchev–Trinajstić information content (AvgIpc) is 3.34. The second kappa shape index (κ2) is 25.8. The molecule has 4 fully saturated rings. The van der Waals surface area contributed by atoms with Gasteiger partial charge in [0.1, 0.15) is 36.0 Å². The van der Waals surface area contributed by atoms with Gasteiger partial charge in [-0.1, -0.05) is 50.6 Å². The summed E-state index contributed by atoms with van der Waals surface area (Å²) in [5.41, 5.74) is 1.47. The van der Waals surface area contributed by atoms with Gasteiger partial charge in [-0.05, 0) is 95.5 Å². The van der Waals surface area contributed by atoms with E-state index in [9.17, 15) is 39.3 Å². The molecule has 392 valence electrons. The maximum Gasteiger partial charge on any atom is 0.410 e. The Balaban J connectivity index is 1.48. The normalized spacial score (nSPS) is 37.0. The highest BCUT2D eigenvalue weighted by atomic mass is 16.7. The Hall–Kier alpha value is -4.37. The van der Waals surface area contributed by atoms with Crippen LogP contribution in [0.5, 0.6) is 0 Å². The molecule has 1 saturated carbocycles. The minimum atomic E-state index is -2.56. The minimum absolute atomic E-state index is 0.0137. The van der Waals surface area contributed by atoms with Gasteiger partial charge in [-0.25, -0.2) is 9.59 Å². The Bertz CT molecular complexity index is 1960. The van der Waals surface area contributed by atoms with Crippen LogP contribution in [-0.4, -0.2) is 180 Å². The van der Waals surface area contributed by atoms with Crippen LogP contribution in [0.4, 0.5) is 4.79 Å². The lowest BCUT2D eigenvalue weighted by molar-refractivity contribution is -0.302. The fourth-order valence-electron chi connectivity index (χ4n) is 10.9. The molecule has 4 aliphatic heterocycles. The van der Waals surface area contributed by atoms with Gasteiger partial charge in [0.15, 0.2) is 0 Å². The van der Waals surface area contributed by atoms with Crippen LogP contribution in [0.25, 0.3) is 0 Å². The van der Waals surface area contributed by atoms with Gasteiger partial charge in [0, 0.05) is 65.1 Å². The number of methoxy groups -OCH3 is 3. The lowest BCUT2D eigenvalue weighted by atomic mass is 9.81. The van der Waals surface area contributed by atoms with Gasteiger partial charge in [-0.3, -0.25) is 30.1 Å². The number of cyclic esters (lactones) is 1. The molecule has 0 unspecified atom stereocenters. The van der Waals surface area contributed by atoms with Crippen molar-refractivity contribution in [3.05, 3.63) is 35.5 Å². The maximum absolute atomic E-state index is 14.6. The number of amidine groups is 1. The van der Waals surface area contributed by atoms with E-state index in [1.54, 1.807) is 32.9 Å². The van der Waals surface area contributed by atoms with Crippen LogP contribution in [0.2, 0.25) is 0 Å². The number of carbonyl (C=O) groups excluding carboxylic acids is 5. The Morgan fingerprint density at radius 1 is 0.914 bits per heavy atom. The minimum Gasteiger partial charge on any atom is -0.456 e. The number of esters is 1. The molecular formula is C51H79N5O14. The van der Waals surface area contributed by atoms with Crippen LogP contribution in [-0.2, 0) is 47.6 Å². The molecular weight excluding hydrogens is 907 g/mol. The predicted molar refractivity (Wildman–Crippen MR) is 258 cm³/mol. The third-order valence-corrected chi connectivity index (χ3v) is 15.1. The summed E-state index contributed by atoms with van der Waals surface area (Å²) in [5, 5.41) is 49.3. The maximum atomic E-state index is 14.6. The summed E-state index contributed by atoms with van der Waals surface area (Å²) in [4.78, 5) is 74.9. The van der Waals surface area contributed by atoms with Crippen molar-refractivity contribution < 1.29 is 67.7 Å². The van der Waals surface area contributed by atoms with Crippen LogP contribution >= 0.6 is 0 Å². The highest BCUT2D eigenvalue weighted by molar-refractivity contribution is 6.39. The van der Waals surface area contributed by atoms with E-state index in [4.69, 9.17) is 39.2 Å². The molecule has 0 spiro atoms. The summed E-state index contributed by atoms with van der Waals surface area (Å²) < 4.78 is 36.2. The Kier molecular flexibility index (Phi) is 20.9. The molecule has 0 aromatic heterocycles. The van der Waals surface area contributed by atoms with Gasteiger partial charge in [-0.2, -0.15) is 0 Å². The van der Waals surface area contributed by atoms with Gasteiger partial charge in [-0.15, -0.1) is 0 Å². The number of hydrogen-bond acceptors (Lipinski definition) is 16. The summed E-state index contributed by atoms with van der Waals surface area (Å²) in [6.07, 6.45) is 5.65. The van der Waals surface area contributed by atoms with Crippen molar-refractivity contribution in [1.29, 1.82) is 10.8 Å². The molecule has 0 aromatic rings. The highest BCUT2D eigenvalue weighted by Gasteiger charge is 2.56. The van der Waals surface area contributed by atoms with E-state index in [1.807, 2.05) is 26.0 Å². The molecule has 1 aliphatic carbocycles. The number of piperidine rings is 1. The third kappa shape index (κ3) is 13.8. The molecule has 0 aromatic carbocycles. The van der Waals surface area contributed by atoms with Crippen molar-refractivity contribution in [3.63, 3.8) is 0 Å². The molecule has 5 aliphatic rings. The summed E-state index contributed by atoms with van der Waals surface area (Å²) in [5.74, 6) is -8.38. The molecule has 19 nitrogen and oxygen atoms in total. The Labute approximate surface area is 412 Å². The SMILES string of the molecule is CO[C@H]1C[C@@H](C)C/C(C)=C/[C@@H](C/C=C/CO)C(=O)C[C@H](O)[C@@H](C)[C@@H](/C(C)=C/[C@@H]2CC[C@@H](OC(=O)N3CCN(C=N)C(=N)C3)[C@H](OC)C2)OC(=O)[C@@H]2CCCCN2C(=O)C(=O)[C@]2(O)O[C@H]1[C@@H](OC)C[C@H]2C. The van der Waals surface area contributed by atoms with Gasteiger partial charge >= 0.3 is 12.1 Å². The fourth-order valence-corrected chi connectivity index (χ4v) is 10.9. The number of hydrogen-bond donors (Lipinski definition) is 5. The van der Waals surface area contributed by atoms with Crippen LogP contribution in [0.15, 0.2) is 35.5 Å². The zero-order chi connectivity index (χ0) is 51.4. The first-order chi connectivity index (χ1) is 33.3. The molecule has 14 atom stereocenters. The number of amides is 2. The van der Waals surface area contributed by atoms with E-state index in [0.29, 0.717) is 63.6 Å². The van der Waals surface area contributed by atoms with E-state index in [1.165, 1.54) is 31.1 Å². The molecule has 2 amide bonds. The van der Waals surface area contributed by atoms with Crippen molar-refractivity contribution in [2.45, 2.75) is 160 Å². The van der Waals surface area contributed by atoms with Gasteiger partial charge in [0.05, 0.1) is 43.9 Å². The second-order valence-corrected chi connectivity index (χ2v) is 20.2. The van der Waals surface area contributed by atoms with Crippen LogP contribution in [0.1, 0.15) is 105 Å². The first-order valence-electron chi connectivity index (χ1n) is 25.0. The smallest absolute Gasteiger partial charge is 0.410 e. The first-order valence-corrected chi connectivity index (χ1v) is 25.0. The largest absolute Gasteiger partial charge is 0.456 e. The number of carbonyl (C=O) groups is 5. The van der Waals surface area contributed by atoms with Crippen molar-refractivity contribution in [1.82, 2.24) is 14.7 Å². The number of aliphatic hydroxyl groups is 3. The van der Waals surface area contributed by atoms with E-state index in [0.717, 1.165) is 16.8 Å². The van der Waals surface area contributed by atoms with Crippen LogP contribution < -0.4 is 0 Å². The standard InChI is InChI=1S/C51H79N5O14/c1-30-21-31(2)23-42(66-7)46-43(67-8)25-33(4)51(64,70-46)47(60)48(61)56-17-11-9-14-37(56)49(62)69-45(34(5)38(58)27-39(59)36(22-30)13-10-12-20-57)32(3)24-35-15-16-40(41(26-35)65-6)68-50(63)54-18-19-55(29-52)44(53)28-54/h10,12,22,24,29,31,33-38,40-43,45-46,52-53,57-58,64H,9,11,13-21,23,25-28H2,1-8H3/b12-10+,30-22+,32-24+,52-29?,53-44?/t31-,33+,34+,35-,36+,37-,38-,40+,41+,42-,43-,45+,46+,51+/m0/s1. The van der Waals surface area contributed by atoms with Gasteiger partial charge in [0.2, 0.25) is 5.79 Å². The zero-order valence-electron chi connectivity index (χ0n) is 42.4. The number of ketones is 2. The predicted octanol–water partition coefficient (Wildman–Crippen LogP) is 4.35. The number of fused-ring (bicyclic) bond motifs is 3. The second-order valence-electron chi connectivity index (χ2n) is 20.2. The molecule has 19 heteroatoms. The molecule has 3 saturated heterocycles. The van der Waals surface area contributed by atoms with Crippen molar-refractivity contribution in [2.75, 3.05) is 54.1 Å². The Morgan fingerprint density at radius 3 is 2.27 bits per heavy atom. The van der Waals surface area contributed by atoms with Gasteiger partial charge < -0.3 is 53.5 Å². The molecule has 4 heterocycles. The zero-order valence-corrected chi connectivity index (χ0v) is 42.4. The van der Waals surface area contributed by atoms with E-state index >= 15 is 0 Å². The topological polar surface area (TPSA) is 259 Å². The van der Waals surface area contributed by atoms with Crippen LogP contribution in [0, 0.1) is 40.4 Å². The number of allylic oxidation sites excluding steroid dienone is 4. The molecule has 5 rings (SSSR count). The summed E-state index contributed by atoms with van der Waals surface area (Å²) >= 11 is 0. The number of aliphatic hydroxyl groups excluding tert-OH is 2. The monoisotopic (exact) mass is 986 g/mol. The number of nitrogens with one attached hydrogen (secondary N) is 2. The first kappa shape index (κ1) is 56.5. The third-order valence-electron chi connectivity index (χ3n) is 15.1. The lowest BCUT2D eigenvalue weighted by Gasteiger charge is -2.47. The van der Waals surface area contributed by atoms with Crippen molar-refractivity contribution in [3.8, 4) is 0 Å². The number of rotatable bonds is 10. The Morgan fingerprint density at radius 2 is 1.61 bits per heavy atom. The van der Waals surface area contributed by atoms with E-state index < -0.39 is 96.1 Å². The highest BCUT2D eigenvalue weighted by Crippen LogP contribution is 2.39. The van der Waals surface area contributed by atoms with Crippen molar-refractivity contribution >= 4 is 41.7 Å². The average molecular weight is 986 g/mol. The number of nitrogens with zero attached hydrogens (tertiary/aromatic N) is 3. The number of piperazine rings is 1.